The summed E-state index contributed by atoms with van der Waals surface area (Å²) in [6, 6.07) is 8.91. The Bertz CT molecular complexity index is 500. The lowest BCUT2D eigenvalue weighted by Gasteiger charge is -2.26. The minimum Gasteiger partial charge on any atom is -0.446 e. The fourth-order valence-electron chi connectivity index (χ4n) is 2.43. The molecule has 0 N–H and O–H groups in total. The topological polar surface area (TPSA) is 65.1 Å². The van der Waals surface area contributed by atoms with Crippen molar-refractivity contribution in [2.45, 2.75) is 19.3 Å². The monoisotopic (exact) mass is 293 g/mol. The van der Waals surface area contributed by atoms with Gasteiger partial charge in [0.15, 0.2) is 6.29 Å². The van der Waals surface area contributed by atoms with E-state index in [-0.39, 0.29) is 12.5 Å². The van der Waals surface area contributed by atoms with Crippen molar-refractivity contribution in [3.63, 3.8) is 0 Å². The van der Waals surface area contributed by atoms with Gasteiger partial charge in [0.1, 0.15) is 12.6 Å². The van der Waals surface area contributed by atoms with E-state index in [1.165, 1.54) is 14.2 Å². The maximum Gasteiger partial charge on any atom is 0.417 e. The van der Waals surface area contributed by atoms with E-state index < -0.39 is 24.3 Å². The molecule has 6 heteroatoms. The van der Waals surface area contributed by atoms with Crippen LogP contribution in [0.25, 0.3) is 0 Å². The van der Waals surface area contributed by atoms with Crippen LogP contribution in [0.2, 0.25) is 0 Å². The van der Waals surface area contributed by atoms with Crippen LogP contribution in [-0.4, -0.2) is 44.0 Å². The van der Waals surface area contributed by atoms with E-state index in [1.807, 2.05) is 30.3 Å². The molecule has 114 valence electrons. The first-order chi connectivity index (χ1) is 10.1. The van der Waals surface area contributed by atoms with Gasteiger partial charge >= 0.3 is 6.09 Å². The van der Waals surface area contributed by atoms with E-state index in [9.17, 15) is 9.59 Å². The van der Waals surface area contributed by atoms with Crippen molar-refractivity contribution in [2.24, 2.45) is 5.92 Å². The molecule has 0 aliphatic carbocycles. The number of benzene rings is 1. The molecule has 6 nitrogen and oxygen atoms in total. The number of amides is 2. The molecule has 0 unspecified atom stereocenters. The lowest BCUT2D eigenvalue weighted by atomic mass is 10.0. The summed E-state index contributed by atoms with van der Waals surface area (Å²) in [5, 5.41) is 0. The maximum absolute atomic E-state index is 12.6. The van der Waals surface area contributed by atoms with Crippen LogP contribution >= 0.6 is 0 Å². The molecule has 0 radical (unpaired) electrons. The second-order valence-corrected chi connectivity index (χ2v) is 4.84. The van der Waals surface area contributed by atoms with Crippen molar-refractivity contribution < 1.29 is 23.8 Å². The van der Waals surface area contributed by atoms with Crippen LogP contribution in [0.3, 0.4) is 0 Å². The van der Waals surface area contributed by atoms with Gasteiger partial charge in [0.25, 0.3) is 0 Å². The second-order valence-electron chi connectivity index (χ2n) is 4.84. The number of hydrogen-bond donors (Lipinski definition) is 0. The van der Waals surface area contributed by atoms with Crippen molar-refractivity contribution in [1.82, 2.24) is 4.90 Å². The number of carbonyl (C=O) groups is 2. The quantitative estimate of drug-likeness (QED) is 0.776. The minimum atomic E-state index is -0.706. The van der Waals surface area contributed by atoms with Crippen molar-refractivity contribution >= 4 is 12.0 Å². The highest BCUT2D eigenvalue weighted by Gasteiger charge is 2.42. The van der Waals surface area contributed by atoms with Crippen LogP contribution in [0.1, 0.15) is 18.5 Å². The normalized spacial score (nSPS) is 19.7. The van der Waals surface area contributed by atoms with Gasteiger partial charge in [0, 0.05) is 14.2 Å². The van der Waals surface area contributed by atoms with Crippen LogP contribution in [-0.2, 0) is 19.0 Å². The molecule has 1 aliphatic rings. The Balaban J connectivity index is 2.23. The molecule has 0 saturated carbocycles. The molecular weight excluding hydrogens is 274 g/mol. The zero-order chi connectivity index (χ0) is 15.4. The number of methoxy groups -OCH3 is 2. The van der Waals surface area contributed by atoms with Gasteiger partial charge in [0.2, 0.25) is 5.91 Å². The lowest BCUT2D eigenvalue weighted by molar-refractivity contribution is -0.162. The molecular formula is C15H19NO5. The molecule has 1 saturated heterocycles. The Kier molecular flexibility index (Phi) is 4.93. The first-order valence-corrected chi connectivity index (χ1v) is 6.70. The average Bonchev–Trinajstić information content (AvgIpc) is 2.90. The summed E-state index contributed by atoms with van der Waals surface area (Å²) < 4.78 is 15.2. The summed E-state index contributed by atoms with van der Waals surface area (Å²) in [7, 11) is 2.91. The Labute approximate surface area is 123 Å². The number of imide groups is 1. The lowest BCUT2D eigenvalue weighted by Crippen LogP contribution is -2.42. The second kappa shape index (κ2) is 6.69. The highest BCUT2D eigenvalue weighted by molar-refractivity contribution is 5.95. The van der Waals surface area contributed by atoms with Gasteiger partial charge in [-0.2, -0.15) is 0 Å². The summed E-state index contributed by atoms with van der Waals surface area (Å²) in [6.07, 6.45) is -1.34. The molecule has 0 spiro atoms. The molecule has 1 aromatic rings. The van der Waals surface area contributed by atoms with Crippen molar-refractivity contribution in [2.75, 3.05) is 20.8 Å². The summed E-state index contributed by atoms with van der Waals surface area (Å²) in [5.74, 6) is -0.989. The molecule has 2 rings (SSSR count). The minimum absolute atomic E-state index is 0.159. The number of hydrogen-bond acceptors (Lipinski definition) is 5. The van der Waals surface area contributed by atoms with Crippen molar-refractivity contribution in [3.05, 3.63) is 35.9 Å². The van der Waals surface area contributed by atoms with E-state index >= 15 is 0 Å². The molecule has 0 aromatic heterocycles. The molecule has 2 amide bonds. The number of carbonyl (C=O) groups excluding carboxylic acids is 2. The van der Waals surface area contributed by atoms with E-state index in [0.717, 1.165) is 10.5 Å². The van der Waals surface area contributed by atoms with Crippen molar-refractivity contribution in [1.29, 1.82) is 0 Å². The summed E-state index contributed by atoms with van der Waals surface area (Å²) in [5.41, 5.74) is 0.857. The van der Waals surface area contributed by atoms with E-state index in [0.29, 0.717) is 0 Å². The molecule has 21 heavy (non-hydrogen) atoms. The zero-order valence-electron chi connectivity index (χ0n) is 12.3. The fraction of sp³-hybridized carbons (Fsp3) is 0.467. The largest absolute Gasteiger partial charge is 0.446 e. The first kappa shape index (κ1) is 15.5. The highest BCUT2D eigenvalue weighted by atomic mass is 16.7. The van der Waals surface area contributed by atoms with Crippen molar-refractivity contribution in [3.8, 4) is 0 Å². The first-order valence-electron chi connectivity index (χ1n) is 6.70. The third kappa shape index (κ3) is 3.06. The van der Waals surface area contributed by atoms with Gasteiger partial charge in [-0.1, -0.05) is 30.3 Å². The van der Waals surface area contributed by atoms with E-state index in [2.05, 4.69) is 0 Å². The smallest absolute Gasteiger partial charge is 0.417 e. The van der Waals surface area contributed by atoms with Gasteiger partial charge in [-0.05, 0) is 12.5 Å². The highest BCUT2D eigenvalue weighted by Crippen LogP contribution is 2.29. The average molecular weight is 293 g/mol. The molecule has 1 heterocycles. The Morgan fingerprint density at radius 1 is 1.29 bits per heavy atom. The number of cyclic esters (lactones) is 1. The van der Waals surface area contributed by atoms with E-state index in [1.54, 1.807) is 6.92 Å². The summed E-state index contributed by atoms with van der Waals surface area (Å²) in [4.78, 5) is 25.6. The third-order valence-corrected chi connectivity index (χ3v) is 3.56. The number of ether oxygens (including phenoxy) is 3. The van der Waals surface area contributed by atoms with Crippen LogP contribution in [0, 0.1) is 5.92 Å². The molecule has 1 fully saturated rings. The predicted octanol–water partition coefficient (Wildman–Crippen LogP) is 1.96. The van der Waals surface area contributed by atoms with Crippen LogP contribution in [0.4, 0.5) is 4.79 Å². The Morgan fingerprint density at radius 2 is 1.90 bits per heavy atom. The maximum atomic E-state index is 12.6. The Hall–Kier alpha value is -1.92. The van der Waals surface area contributed by atoms with Crippen LogP contribution < -0.4 is 0 Å². The van der Waals surface area contributed by atoms with Gasteiger partial charge in [-0.15, -0.1) is 0 Å². The molecule has 1 aromatic carbocycles. The number of nitrogens with zero attached hydrogens (tertiary/aromatic N) is 1. The van der Waals surface area contributed by atoms with E-state index in [4.69, 9.17) is 14.2 Å². The standard InChI is InChI=1S/C15H19NO5/c1-10(14(19-2)20-3)13(17)16-12(9-21-15(16)18)11-7-5-4-6-8-11/h4-8,10,12,14H,9H2,1-3H3/t10-,12-/m1/s1. The van der Waals surface area contributed by atoms with Gasteiger partial charge in [-0.25, -0.2) is 9.69 Å². The van der Waals surface area contributed by atoms with Gasteiger partial charge in [-0.3, -0.25) is 4.79 Å². The molecule has 0 bridgehead atoms. The fourth-order valence-corrected chi connectivity index (χ4v) is 2.43. The van der Waals surface area contributed by atoms with Gasteiger partial charge in [0.05, 0.1) is 5.92 Å². The third-order valence-electron chi connectivity index (χ3n) is 3.56. The zero-order valence-corrected chi connectivity index (χ0v) is 12.3. The summed E-state index contributed by atoms with van der Waals surface area (Å²) >= 11 is 0. The summed E-state index contributed by atoms with van der Waals surface area (Å²) in [6.45, 7) is 1.82. The molecule has 1 aliphatic heterocycles. The van der Waals surface area contributed by atoms with Gasteiger partial charge < -0.3 is 14.2 Å². The number of rotatable bonds is 5. The Morgan fingerprint density at radius 3 is 2.48 bits per heavy atom. The molecule has 2 atom stereocenters. The SMILES string of the molecule is COC(OC)[C@H](C)C(=O)N1C(=O)OC[C@@H]1c1ccccc1. The van der Waals surface area contributed by atoms with Crippen LogP contribution in [0.5, 0.6) is 0 Å². The van der Waals surface area contributed by atoms with Crippen LogP contribution in [0.15, 0.2) is 30.3 Å². The predicted molar refractivity (Wildman–Crippen MR) is 74.3 cm³/mol.